The minimum atomic E-state index is -5.80. The highest BCUT2D eigenvalue weighted by atomic mass is 19.4. The highest BCUT2D eigenvalue weighted by Gasteiger charge is 2.79. The Kier molecular flexibility index (Phi) is 10.8. The second-order valence-corrected chi connectivity index (χ2v) is 14.8. The van der Waals surface area contributed by atoms with E-state index in [0.717, 1.165) is 44.1 Å². The van der Waals surface area contributed by atoms with Crippen molar-refractivity contribution in [3.8, 4) is 6.07 Å². The molecule has 43 heavy (non-hydrogen) atoms. The smallest absolute Gasteiger partial charge is 0.383 e. The highest BCUT2D eigenvalue weighted by molar-refractivity contribution is 5.91. The van der Waals surface area contributed by atoms with Crippen LogP contribution in [0.4, 0.5) is 22.0 Å². The maximum absolute atomic E-state index is 15.0. The standard InChI is InChI=1S/C35H52F5NO2/c1-31-19-16-27(42)24-26(31)23-25(15-13-11-9-7-5-3-4-6-8-10-12-14-22-41)30-28(31)17-20-32(2)29(30)18-21-33(32,43)34(36,37)35(38,39)40/h24-25,28-30,43H,3-21,23H2,1-2H3/t25-,28+,29+,30-,31+,32+,33+/m1/s1. The molecule has 0 unspecified atom stereocenters. The lowest BCUT2D eigenvalue weighted by molar-refractivity contribution is -0.364. The minimum Gasteiger partial charge on any atom is -0.383 e. The van der Waals surface area contributed by atoms with Crippen molar-refractivity contribution in [2.45, 2.75) is 160 Å². The number of rotatable bonds is 14. The first-order valence-electron chi connectivity index (χ1n) is 17.0. The number of nitrogens with zero attached hydrogens (tertiary/aromatic N) is 1. The average molecular weight is 614 g/mol. The molecule has 7 atom stereocenters. The third kappa shape index (κ3) is 6.45. The molecule has 0 aromatic carbocycles. The van der Waals surface area contributed by atoms with Crippen LogP contribution in [0, 0.1) is 45.8 Å². The van der Waals surface area contributed by atoms with Crippen molar-refractivity contribution in [1.82, 2.24) is 0 Å². The Morgan fingerprint density at radius 2 is 1.42 bits per heavy atom. The number of hydrogen-bond donors (Lipinski definition) is 1. The fourth-order valence-corrected chi connectivity index (χ4v) is 9.97. The zero-order chi connectivity index (χ0) is 31.5. The number of hydrogen-bond acceptors (Lipinski definition) is 3. The molecule has 0 radical (unpaired) electrons. The first kappa shape index (κ1) is 34.4. The Labute approximate surface area is 255 Å². The lowest BCUT2D eigenvalue weighted by Gasteiger charge is -2.62. The molecule has 4 aliphatic rings. The van der Waals surface area contributed by atoms with E-state index in [1.54, 1.807) is 0 Å². The molecule has 0 aromatic rings. The molecule has 244 valence electrons. The van der Waals surface area contributed by atoms with Crippen molar-refractivity contribution in [3.05, 3.63) is 11.6 Å². The van der Waals surface area contributed by atoms with Gasteiger partial charge in [0.05, 0.1) is 6.07 Å². The number of alkyl halides is 5. The molecule has 4 rings (SSSR count). The SMILES string of the molecule is C[C@]12CCC(=O)C=C1C[C@@H](CCCCCCCCCCCCCC#N)[C@@H]1[C@@H]2CC[C@@]2(C)[C@H]1CC[C@@]2(O)C(F)(F)C(F)(F)F. The highest BCUT2D eigenvalue weighted by Crippen LogP contribution is 2.72. The topological polar surface area (TPSA) is 61.1 Å². The molecule has 0 saturated heterocycles. The maximum atomic E-state index is 15.0. The van der Waals surface area contributed by atoms with E-state index in [-0.39, 0.29) is 41.8 Å². The monoisotopic (exact) mass is 613 g/mol. The fourth-order valence-electron chi connectivity index (χ4n) is 9.97. The molecule has 0 aliphatic heterocycles. The Morgan fingerprint density at radius 3 is 2.00 bits per heavy atom. The number of allylic oxidation sites excluding steroid dienone is 1. The van der Waals surface area contributed by atoms with E-state index in [2.05, 4.69) is 13.0 Å². The van der Waals surface area contributed by atoms with Crippen LogP contribution < -0.4 is 0 Å². The van der Waals surface area contributed by atoms with Crippen molar-refractivity contribution in [2.75, 3.05) is 0 Å². The second kappa shape index (κ2) is 13.5. The van der Waals surface area contributed by atoms with Gasteiger partial charge < -0.3 is 5.11 Å². The average Bonchev–Trinajstić information content (AvgIpc) is 3.23. The van der Waals surface area contributed by atoms with E-state index in [1.165, 1.54) is 45.4 Å². The van der Waals surface area contributed by atoms with Gasteiger partial charge in [-0.25, -0.2) is 0 Å². The molecule has 1 N–H and O–H groups in total. The summed E-state index contributed by atoms with van der Waals surface area (Å²) in [5, 5.41) is 19.9. The van der Waals surface area contributed by atoms with Crippen LogP contribution in [0.2, 0.25) is 0 Å². The first-order chi connectivity index (χ1) is 20.2. The number of halogens is 5. The molecular weight excluding hydrogens is 561 g/mol. The predicted octanol–water partition coefficient (Wildman–Crippen LogP) is 10.3. The molecule has 3 nitrogen and oxygen atoms in total. The van der Waals surface area contributed by atoms with Crippen molar-refractivity contribution < 1.29 is 31.9 Å². The van der Waals surface area contributed by atoms with Gasteiger partial charge in [-0.05, 0) is 86.5 Å². The quantitative estimate of drug-likeness (QED) is 0.157. The van der Waals surface area contributed by atoms with Crippen LogP contribution in [-0.4, -0.2) is 28.6 Å². The molecule has 3 fully saturated rings. The Balaban J connectivity index is 1.39. The number of nitriles is 1. The van der Waals surface area contributed by atoms with Crippen molar-refractivity contribution in [2.24, 2.45) is 34.5 Å². The van der Waals surface area contributed by atoms with Gasteiger partial charge in [-0.1, -0.05) is 83.6 Å². The summed E-state index contributed by atoms with van der Waals surface area (Å²) >= 11 is 0. The normalized spacial score (nSPS) is 36.0. The summed E-state index contributed by atoms with van der Waals surface area (Å²) in [6, 6.07) is 2.19. The van der Waals surface area contributed by atoms with E-state index >= 15 is 0 Å². The van der Waals surface area contributed by atoms with Crippen LogP contribution in [0.3, 0.4) is 0 Å². The number of unbranched alkanes of at least 4 members (excludes halogenated alkanes) is 11. The van der Waals surface area contributed by atoms with Crippen LogP contribution in [0.5, 0.6) is 0 Å². The molecule has 0 bridgehead atoms. The van der Waals surface area contributed by atoms with Gasteiger partial charge in [-0.2, -0.15) is 27.2 Å². The van der Waals surface area contributed by atoms with E-state index in [9.17, 15) is 31.9 Å². The number of fused-ring (bicyclic) bond motifs is 5. The maximum Gasteiger partial charge on any atom is 0.456 e. The van der Waals surface area contributed by atoms with Gasteiger partial charge >= 0.3 is 12.1 Å². The summed E-state index contributed by atoms with van der Waals surface area (Å²) in [5.74, 6) is -5.20. The third-order valence-corrected chi connectivity index (χ3v) is 12.5. The van der Waals surface area contributed by atoms with Gasteiger partial charge in [0.2, 0.25) is 0 Å². The number of carbonyl (C=O) groups excluding carboxylic acids is 1. The zero-order valence-corrected chi connectivity index (χ0v) is 26.2. The second-order valence-electron chi connectivity index (χ2n) is 14.8. The van der Waals surface area contributed by atoms with Gasteiger partial charge in [0.1, 0.15) is 5.60 Å². The minimum absolute atomic E-state index is 0.0275. The molecule has 4 aliphatic carbocycles. The van der Waals surface area contributed by atoms with Crippen LogP contribution in [-0.2, 0) is 4.79 Å². The molecule has 3 saturated carbocycles. The lowest BCUT2D eigenvalue weighted by Crippen LogP contribution is -2.66. The third-order valence-electron chi connectivity index (χ3n) is 12.5. The van der Waals surface area contributed by atoms with Gasteiger partial charge in [-0.15, -0.1) is 0 Å². The largest absolute Gasteiger partial charge is 0.456 e. The fraction of sp³-hybridized carbons (Fsp3) is 0.886. The van der Waals surface area contributed by atoms with Crippen molar-refractivity contribution in [3.63, 3.8) is 0 Å². The van der Waals surface area contributed by atoms with E-state index in [1.807, 2.05) is 6.08 Å². The number of ketones is 1. The number of aliphatic hydroxyl groups is 1. The molecule has 0 spiro atoms. The van der Waals surface area contributed by atoms with E-state index in [0.29, 0.717) is 32.1 Å². The van der Waals surface area contributed by atoms with Crippen LogP contribution >= 0.6 is 0 Å². The predicted molar refractivity (Wildman–Crippen MR) is 157 cm³/mol. The molecule has 0 heterocycles. The molecular formula is C35H52F5NO2. The summed E-state index contributed by atoms with van der Waals surface area (Å²) < 4.78 is 70.9. The molecule has 0 amide bonds. The summed E-state index contributed by atoms with van der Waals surface area (Å²) in [4.78, 5) is 12.4. The van der Waals surface area contributed by atoms with Crippen molar-refractivity contribution >= 4 is 5.78 Å². The Bertz CT molecular complexity index is 1050. The Morgan fingerprint density at radius 1 is 0.860 bits per heavy atom. The van der Waals surface area contributed by atoms with Gasteiger partial charge in [-0.3, -0.25) is 4.79 Å². The Hall–Kier alpha value is -1.49. The zero-order valence-electron chi connectivity index (χ0n) is 26.2. The van der Waals surface area contributed by atoms with Gasteiger partial charge in [0.25, 0.3) is 0 Å². The number of carbonyl (C=O) groups is 1. The van der Waals surface area contributed by atoms with Gasteiger partial charge in [0.15, 0.2) is 5.78 Å². The summed E-state index contributed by atoms with van der Waals surface area (Å²) in [6.45, 7) is 3.68. The summed E-state index contributed by atoms with van der Waals surface area (Å²) in [6.07, 6.45) is 12.2. The summed E-state index contributed by atoms with van der Waals surface area (Å²) in [5.41, 5.74) is -3.70. The van der Waals surface area contributed by atoms with Crippen molar-refractivity contribution in [1.29, 1.82) is 5.26 Å². The van der Waals surface area contributed by atoms with Crippen LogP contribution in [0.15, 0.2) is 11.6 Å². The first-order valence-corrected chi connectivity index (χ1v) is 17.0. The van der Waals surface area contributed by atoms with E-state index in [4.69, 9.17) is 5.26 Å². The van der Waals surface area contributed by atoms with E-state index < -0.39 is 35.5 Å². The van der Waals surface area contributed by atoms with Crippen LogP contribution in [0.25, 0.3) is 0 Å². The van der Waals surface area contributed by atoms with Crippen LogP contribution in [0.1, 0.15) is 142 Å². The lowest BCUT2D eigenvalue weighted by atomic mass is 9.43. The molecule has 0 aromatic heterocycles. The van der Waals surface area contributed by atoms with Gasteiger partial charge in [0, 0.05) is 18.3 Å². The molecule has 8 heteroatoms. The summed E-state index contributed by atoms with van der Waals surface area (Å²) in [7, 11) is 0.